The van der Waals surface area contributed by atoms with Gasteiger partial charge < -0.3 is 4.57 Å². The second-order valence-corrected chi connectivity index (χ2v) is 5.29. The number of aromatic nitrogens is 2. The van der Waals surface area contributed by atoms with Crippen molar-refractivity contribution < 1.29 is 0 Å². The quantitative estimate of drug-likeness (QED) is 0.817. The zero-order valence-corrected chi connectivity index (χ0v) is 10.7. The molecule has 1 aliphatic carbocycles. The smallest absolute Gasteiger partial charge is 0.112 e. The Bertz CT molecular complexity index is 509. The lowest BCUT2D eigenvalue weighted by Crippen LogP contribution is -1.93. The van der Waals surface area contributed by atoms with Gasteiger partial charge in [-0.3, -0.25) is 0 Å². The van der Waals surface area contributed by atoms with Crippen molar-refractivity contribution in [2.45, 2.75) is 18.8 Å². The maximum absolute atomic E-state index is 4.72. The number of aryl methyl sites for hydroxylation is 1. The van der Waals surface area contributed by atoms with E-state index in [1.165, 1.54) is 24.2 Å². The molecular formula is C13H13BrN2. The summed E-state index contributed by atoms with van der Waals surface area (Å²) >= 11 is 3.45. The lowest BCUT2D eigenvalue weighted by Gasteiger charge is -1.95. The molecule has 3 rings (SSSR count). The standard InChI is InChI=1S/C13H13BrN2/c1-16-8-12(15-13(16)10-2-3-10)9-4-6-11(14)7-5-9/h4-8,10H,2-3H2,1H3. The van der Waals surface area contributed by atoms with Gasteiger partial charge in [0.2, 0.25) is 0 Å². The molecule has 1 fully saturated rings. The summed E-state index contributed by atoms with van der Waals surface area (Å²) in [6, 6.07) is 8.31. The van der Waals surface area contributed by atoms with Crippen molar-refractivity contribution in [2.24, 2.45) is 7.05 Å². The van der Waals surface area contributed by atoms with E-state index in [1.807, 2.05) is 0 Å². The Labute approximate surface area is 103 Å². The molecule has 2 nitrogen and oxygen atoms in total. The third-order valence-corrected chi connectivity index (χ3v) is 3.52. The molecule has 1 aliphatic rings. The first kappa shape index (κ1) is 10.1. The largest absolute Gasteiger partial charge is 0.337 e. The third kappa shape index (κ3) is 1.80. The van der Waals surface area contributed by atoms with Crippen molar-refractivity contribution >= 4 is 15.9 Å². The van der Waals surface area contributed by atoms with Crippen molar-refractivity contribution in [3.63, 3.8) is 0 Å². The normalized spacial score (nSPS) is 15.4. The van der Waals surface area contributed by atoms with Gasteiger partial charge in [0.05, 0.1) is 5.69 Å². The van der Waals surface area contributed by atoms with Crippen molar-refractivity contribution in [3.8, 4) is 11.3 Å². The van der Waals surface area contributed by atoms with Gasteiger partial charge in [0.25, 0.3) is 0 Å². The Hall–Kier alpha value is -1.09. The van der Waals surface area contributed by atoms with E-state index in [-0.39, 0.29) is 0 Å². The van der Waals surface area contributed by atoms with Crippen LogP contribution in [0.15, 0.2) is 34.9 Å². The van der Waals surface area contributed by atoms with E-state index in [2.05, 4.69) is 58.0 Å². The van der Waals surface area contributed by atoms with Crippen LogP contribution in [0.5, 0.6) is 0 Å². The molecule has 16 heavy (non-hydrogen) atoms. The van der Waals surface area contributed by atoms with Gasteiger partial charge in [-0.2, -0.15) is 0 Å². The lowest BCUT2D eigenvalue weighted by molar-refractivity contribution is 0.799. The summed E-state index contributed by atoms with van der Waals surface area (Å²) in [5.41, 5.74) is 2.27. The van der Waals surface area contributed by atoms with Crippen LogP contribution < -0.4 is 0 Å². The average Bonchev–Trinajstić information content (AvgIpc) is 3.04. The average molecular weight is 277 g/mol. The fourth-order valence-corrected chi connectivity index (χ4v) is 2.23. The minimum Gasteiger partial charge on any atom is -0.337 e. The molecule has 1 aromatic carbocycles. The van der Waals surface area contributed by atoms with Gasteiger partial charge in [-0.05, 0) is 25.0 Å². The number of halogens is 1. The molecule has 3 heteroatoms. The Morgan fingerprint density at radius 3 is 2.56 bits per heavy atom. The molecule has 0 bridgehead atoms. The van der Waals surface area contributed by atoms with Crippen LogP contribution in [-0.2, 0) is 7.05 Å². The second-order valence-electron chi connectivity index (χ2n) is 4.38. The number of hydrogen-bond acceptors (Lipinski definition) is 1. The molecule has 0 atom stereocenters. The fraction of sp³-hybridized carbons (Fsp3) is 0.308. The number of imidazole rings is 1. The summed E-state index contributed by atoms with van der Waals surface area (Å²) < 4.78 is 3.27. The minimum absolute atomic E-state index is 0.703. The van der Waals surface area contributed by atoms with Crippen LogP contribution >= 0.6 is 15.9 Å². The molecule has 1 aromatic heterocycles. The van der Waals surface area contributed by atoms with E-state index < -0.39 is 0 Å². The highest BCUT2D eigenvalue weighted by Crippen LogP contribution is 2.39. The highest BCUT2D eigenvalue weighted by Gasteiger charge is 2.28. The molecular weight excluding hydrogens is 264 g/mol. The van der Waals surface area contributed by atoms with Gasteiger partial charge in [0.15, 0.2) is 0 Å². The highest BCUT2D eigenvalue weighted by atomic mass is 79.9. The Morgan fingerprint density at radius 1 is 1.25 bits per heavy atom. The molecule has 0 radical (unpaired) electrons. The molecule has 1 heterocycles. The minimum atomic E-state index is 0.703. The van der Waals surface area contributed by atoms with Crippen LogP contribution in [0.1, 0.15) is 24.6 Å². The lowest BCUT2D eigenvalue weighted by atomic mass is 10.2. The van der Waals surface area contributed by atoms with E-state index in [9.17, 15) is 0 Å². The third-order valence-electron chi connectivity index (χ3n) is 2.99. The molecule has 0 saturated heterocycles. The van der Waals surface area contributed by atoms with E-state index in [1.54, 1.807) is 0 Å². The van der Waals surface area contributed by atoms with Gasteiger partial charge in [0.1, 0.15) is 5.82 Å². The first-order chi connectivity index (χ1) is 7.74. The molecule has 0 N–H and O–H groups in total. The van der Waals surface area contributed by atoms with E-state index in [0.717, 1.165) is 10.2 Å². The van der Waals surface area contributed by atoms with Gasteiger partial charge >= 0.3 is 0 Å². The summed E-state index contributed by atoms with van der Waals surface area (Å²) in [6.07, 6.45) is 4.71. The van der Waals surface area contributed by atoms with Crippen LogP contribution in [0.4, 0.5) is 0 Å². The molecule has 0 unspecified atom stereocenters. The maximum atomic E-state index is 4.72. The summed E-state index contributed by atoms with van der Waals surface area (Å²) in [6.45, 7) is 0. The topological polar surface area (TPSA) is 17.8 Å². The van der Waals surface area contributed by atoms with Gasteiger partial charge in [0, 0.05) is 29.2 Å². The molecule has 0 spiro atoms. The predicted octanol–water partition coefficient (Wildman–Crippen LogP) is 3.73. The Balaban J connectivity index is 1.99. The molecule has 1 saturated carbocycles. The SMILES string of the molecule is Cn1cc(-c2ccc(Br)cc2)nc1C1CC1. The first-order valence-electron chi connectivity index (χ1n) is 5.53. The fourth-order valence-electron chi connectivity index (χ4n) is 1.96. The Morgan fingerprint density at radius 2 is 1.94 bits per heavy atom. The summed E-state index contributed by atoms with van der Waals surface area (Å²) in [4.78, 5) is 4.72. The molecule has 0 amide bonds. The zero-order valence-electron chi connectivity index (χ0n) is 9.15. The maximum Gasteiger partial charge on any atom is 0.112 e. The molecule has 82 valence electrons. The predicted molar refractivity (Wildman–Crippen MR) is 68.3 cm³/mol. The summed E-state index contributed by atoms with van der Waals surface area (Å²) in [5, 5.41) is 0. The number of rotatable bonds is 2. The van der Waals surface area contributed by atoms with Crippen molar-refractivity contribution in [1.29, 1.82) is 0 Å². The van der Waals surface area contributed by atoms with Crippen molar-refractivity contribution in [3.05, 3.63) is 40.8 Å². The summed E-state index contributed by atoms with van der Waals surface area (Å²) in [5.74, 6) is 1.94. The Kier molecular flexibility index (Phi) is 2.36. The van der Waals surface area contributed by atoms with Crippen LogP contribution in [0.3, 0.4) is 0 Å². The number of benzene rings is 1. The van der Waals surface area contributed by atoms with Crippen molar-refractivity contribution in [2.75, 3.05) is 0 Å². The number of hydrogen-bond donors (Lipinski definition) is 0. The van der Waals surface area contributed by atoms with Gasteiger partial charge in [-0.1, -0.05) is 28.1 Å². The second kappa shape index (κ2) is 3.74. The number of nitrogens with zero attached hydrogens (tertiary/aromatic N) is 2. The monoisotopic (exact) mass is 276 g/mol. The van der Waals surface area contributed by atoms with Gasteiger partial charge in [-0.15, -0.1) is 0 Å². The van der Waals surface area contributed by atoms with E-state index in [0.29, 0.717) is 5.92 Å². The van der Waals surface area contributed by atoms with Crippen molar-refractivity contribution in [1.82, 2.24) is 9.55 Å². The van der Waals surface area contributed by atoms with Crippen LogP contribution in [0.25, 0.3) is 11.3 Å². The molecule has 0 aliphatic heterocycles. The highest BCUT2D eigenvalue weighted by molar-refractivity contribution is 9.10. The zero-order chi connectivity index (χ0) is 11.1. The van der Waals surface area contributed by atoms with E-state index >= 15 is 0 Å². The van der Waals surface area contributed by atoms with E-state index in [4.69, 9.17) is 4.98 Å². The van der Waals surface area contributed by atoms with Crippen LogP contribution in [-0.4, -0.2) is 9.55 Å². The van der Waals surface area contributed by atoms with Crippen LogP contribution in [0, 0.1) is 0 Å². The molecule has 2 aromatic rings. The summed E-state index contributed by atoms with van der Waals surface area (Å²) in [7, 11) is 2.09. The van der Waals surface area contributed by atoms with Gasteiger partial charge in [-0.25, -0.2) is 4.98 Å². The first-order valence-corrected chi connectivity index (χ1v) is 6.32. The van der Waals surface area contributed by atoms with Crippen LogP contribution in [0.2, 0.25) is 0 Å².